The minimum Gasteiger partial charge on any atom is -0.507 e. The van der Waals surface area contributed by atoms with Crippen molar-refractivity contribution in [1.82, 2.24) is 5.32 Å². The summed E-state index contributed by atoms with van der Waals surface area (Å²) < 4.78 is 10.3. The lowest BCUT2D eigenvalue weighted by Crippen LogP contribution is -2.27. The molecule has 0 aromatic heterocycles. The highest BCUT2D eigenvalue weighted by molar-refractivity contribution is 5.97. The summed E-state index contributed by atoms with van der Waals surface area (Å²) in [4.78, 5) is 11.8. The number of hydrogen-bond acceptors (Lipinski definition) is 4. The zero-order chi connectivity index (χ0) is 14.1. The first-order chi connectivity index (χ1) is 9.19. The maximum Gasteiger partial charge on any atom is 0.255 e. The number of benzene rings is 1. The Morgan fingerprint density at radius 3 is 2.95 bits per heavy atom. The number of carbonyl (C=O) groups excluding carboxylic acids is 1. The molecular weight excluding hydrogens is 246 g/mol. The summed E-state index contributed by atoms with van der Waals surface area (Å²) in [5, 5.41) is 12.3. The van der Waals surface area contributed by atoms with Gasteiger partial charge < -0.3 is 19.9 Å². The van der Waals surface area contributed by atoms with Crippen molar-refractivity contribution in [2.75, 3.05) is 26.9 Å². The van der Waals surface area contributed by atoms with Crippen LogP contribution in [0, 0.1) is 0 Å². The van der Waals surface area contributed by atoms with Crippen LogP contribution in [-0.2, 0) is 4.74 Å². The average molecular weight is 265 g/mol. The van der Waals surface area contributed by atoms with Gasteiger partial charge in [-0.05, 0) is 24.6 Å². The van der Waals surface area contributed by atoms with Gasteiger partial charge in [-0.25, -0.2) is 0 Å². The summed E-state index contributed by atoms with van der Waals surface area (Å²) in [5.41, 5.74) is 0.186. The summed E-state index contributed by atoms with van der Waals surface area (Å²) >= 11 is 0. The van der Waals surface area contributed by atoms with Crippen LogP contribution in [0.2, 0.25) is 0 Å². The Bertz CT molecular complexity index is 431. The number of carbonyl (C=O) groups is 1. The van der Waals surface area contributed by atoms with E-state index in [2.05, 4.69) is 11.9 Å². The minimum atomic E-state index is -0.358. The summed E-state index contributed by atoms with van der Waals surface area (Å²) in [6, 6.07) is 4.50. The van der Waals surface area contributed by atoms with E-state index in [-0.39, 0.29) is 17.2 Å². The smallest absolute Gasteiger partial charge is 0.255 e. The van der Waals surface area contributed by atoms with Crippen LogP contribution in [0.25, 0.3) is 0 Å². The quantitative estimate of drug-likeness (QED) is 0.555. The Kier molecular flexibility index (Phi) is 6.46. The number of phenolic OH excluding ortho intramolecular Hbond substituents is 1. The van der Waals surface area contributed by atoms with Crippen molar-refractivity contribution in [2.45, 2.75) is 6.42 Å². The molecule has 0 atom stereocenters. The Balaban J connectivity index is 2.42. The number of ether oxygens (including phenoxy) is 2. The van der Waals surface area contributed by atoms with Gasteiger partial charge in [-0.1, -0.05) is 6.08 Å². The predicted octanol–water partition coefficient (Wildman–Crippen LogP) is 1.72. The van der Waals surface area contributed by atoms with Crippen molar-refractivity contribution < 1.29 is 19.4 Å². The van der Waals surface area contributed by atoms with Gasteiger partial charge in [0, 0.05) is 6.54 Å². The molecule has 0 aliphatic carbocycles. The van der Waals surface area contributed by atoms with E-state index in [0.29, 0.717) is 25.5 Å². The standard InChI is InChI=1S/C14H19NO4/c1-3-4-8-19-9-7-15-14(17)12-10-11(18-2)5-6-13(12)16/h3,5-6,10,16H,1,4,7-9H2,2H3,(H,15,17). The second-order valence-electron chi connectivity index (χ2n) is 3.83. The van der Waals surface area contributed by atoms with Crippen LogP contribution in [-0.4, -0.2) is 37.9 Å². The molecule has 1 amide bonds. The Morgan fingerprint density at radius 1 is 1.47 bits per heavy atom. The van der Waals surface area contributed by atoms with Crippen LogP contribution in [0.3, 0.4) is 0 Å². The maximum atomic E-state index is 11.8. The summed E-state index contributed by atoms with van der Waals surface area (Å²) in [7, 11) is 1.50. The lowest BCUT2D eigenvalue weighted by Gasteiger charge is -2.08. The molecule has 0 saturated heterocycles. The fourth-order valence-electron chi connectivity index (χ4n) is 1.42. The molecule has 1 aromatic carbocycles. The topological polar surface area (TPSA) is 67.8 Å². The van der Waals surface area contributed by atoms with Gasteiger partial charge in [-0.2, -0.15) is 0 Å². The Morgan fingerprint density at radius 2 is 2.26 bits per heavy atom. The fourth-order valence-corrected chi connectivity index (χ4v) is 1.42. The normalized spacial score (nSPS) is 9.95. The van der Waals surface area contributed by atoms with Crippen LogP contribution in [0.5, 0.6) is 11.5 Å². The van der Waals surface area contributed by atoms with E-state index in [1.165, 1.54) is 19.2 Å². The predicted molar refractivity (Wildman–Crippen MR) is 72.6 cm³/mol. The number of rotatable bonds is 8. The summed E-state index contributed by atoms with van der Waals surface area (Å²) in [6.45, 7) is 4.97. The first-order valence-corrected chi connectivity index (χ1v) is 6.03. The second-order valence-corrected chi connectivity index (χ2v) is 3.83. The number of nitrogens with one attached hydrogen (secondary N) is 1. The van der Waals surface area contributed by atoms with E-state index in [0.717, 1.165) is 6.42 Å². The molecule has 1 rings (SSSR count). The SMILES string of the molecule is C=CCCOCCNC(=O)c1cc(OC)ccc1O. The van der Waals surface area contributed by atoms with Crippen molar-refractivity contribution in [3.05, 3.63) is 36.4 Å². The van der Waals surface area contributed by atoms with E-state index < -0.39 is 0 Å². The van der Waals surface area contributed by atoms with Gasteiger partial charge in [0.25, 0.3) is 5.91 Å². The highest BCUT2D eigenvalue weighted by Crippen LogP contribution is 2.22. The van der Waals surface area contributed by atoms with Gasteiger partial charge in [0.1, 0.15) is 11.5 Å². The monoisotopic (exact) mass is 265 g/mol. The molecule has 0 fully saturated rings. The molecule has 1 aromatic rings. The molecular formula is C14H19NO4. The molecule has 5 heteroatoms. The molecule has 0 heterocycles. The minimum absolute atomic E-state index is 0.0779. The zero-order valence-electron chi connectivity index (χ0n) is 11.0. The average Bonchev–Trinajstić information content (AvgIpc) is 2.43. The number of amides is 1. The lowest BCUT2D eigenvalue weighted by atomic mass is 10.2. The van der Waals surface area contributed by atoms with Gasteiger partial charge in [0.15, 0.2) is 0 Å². The molecule has 0 radical (unpaired) electrons. The molecule has 0 bridgehead atoms. The van der Waals surface area contributed by atoms with Crippen LogP contribution >= 0.6 is 0 Å². The molecule has 0 aliphatic heterocycles. The van der Waals surface area contributed by atoms with Gasteiger partial charge in [-0.3, -0.25) is 4.79 Å². The van der Waals surface area contributed by atoms with Gasteiger partial charge in [-0.15, -0.1) is 6.58 Å². The molecule has 5 nitrogen and oxygen atoms in total. The van der Waals surface area contributed by atoms with E-state index in [1.807, 2.05) is 0 Å². The first-order valence-electron chi connectivity index (χ1n) is 6.03. The van der Waals surface area contributed by atoms with Crippen LogP contribution in [0.15, 0.2) is 30.9 Å². The van der Waals surface area contributed by atoms with E-state index in [9.17, 15) is 9.90 Å². The third-order valence-electron chi connectivity index (χ3n) is 2.45. The van der Waals surface area contributed by atoms with Crippen LogP contribution < -0.4 is 10.1 Å². The molecule has 0 unspecified atom stereocenters. The summed E-state index contributed by atoms with van der Waals surface area (Å²) in [5.74, 6) is 0.0831. The first kappa shape index (κ1) is 15.0. The number of hydrogen-bond donors (Lipinski definition) is 2. The van der Waals surface area contributed by atoms with E-state index >= 15 is 0 Å². The number of methoxy groups -OCH3 is 1. The number of phenols is 1. The van der Waals surface area contributed by atoms with E-state index in [1.54, 1.807) is 12.1 Å². The Hall–Kier alpha value is -2.01. The van der Waals surface area contributed by atoms with Crippen molar-refractivity contribution >= 4 is 5.91 Å². The molecule has 104 valence electrons. The fraction of sp³-hybridized carbons (Fsp3) is 0.357. The van der Waals surface area contributed by atoms with Crippen molar-refractivity contribution in [1.29, 1.82) is 0 Å². The highest BCUT2D eigenvalue weighted by atomic mass is 16.5. The van der Waals surface area contributed by atoms with Crippen LogP contribution in [0.1, 0.15) is 16.8 Å². The molecule has 0 saturated carbocycles. The lowest BCUT2D eigenvalue weighted by molar-refractivity contribution is 0.0915. The van der Waals surface area contributed by atoms with Gasteiger partial charge >= 0.3 is 0 Å². The van der Waals surface area contributed by atoms with Crippen molar-refractivity contribution in [2.24, 2.45) is 0 Å². The van der Waals surface area contributed by atoms with Gasteiger partial charge in [0.05, 0.1) is 25.9 Å². The van der Waals surface area contributed by atoms with Crippen molar-refractivity contribution in [3.63, 3.8) is 0 Å². The zero-order valence-corrected chi connectivity index (χ0v) is 11.0. The Labute approximate surface area is 112 Å². The maximum absolute atomic E-state index is 11.8. The summed E-state index contributed by atoms with van der Waals surface area (Å²) in [6.07, 6.45) is 2.55. The molecule has 0 aliphatic rings. The van der Waals surface area contributed by atoms with Crippen LogP contribution in [0.4, 0.5) is 0 Å². The molecule has 19 heavy (non-hydrogen) atoms. The van der Waals surface area contributed by atoms with Crippen molar-refractivity contribution in [3.8, 4) is 11.5 Å². The molecule has 0 spiro atoms. The molecule has 2 N–H and O–H groups in total. The largest absolute Gasteiger partial charge is 0.507 e. The highest BCUT2D eigenvalue weighted by Gasteiger charge is 2.11. The number of aromatic hydroxyl groups is 1. The second kappa shape index (κ2) is 8.16. The third-order valence-corrected chi connectivity index (χ3v) is 2.45. The van der Waals surface area contributed by atoms with Gasteiger partial charge in [0.2, 0.25) is 0 Å². The van der Waals surface area contributed by atoms with E-state index in [4.69, 9.17) is 9.47 Å². The third kappa shape index (κ3) is 5.01.